The Morgan fingerprint density at radius 3 is 2.30 bits per heavy atom. The minimum absolute atomic E-state index is 0.00617. The lowest BCUT2D eigenvalue weighted by atomic mass is 10.0. The summed E-state index contributed by atoms with van der Waals surface area (Å²) in [4.78, 5) is 17.1. The number of aromatic nitrogens is 2. The molecule has 37 heavy (non-hydrogen) atoms. The first-order chi connectivity index (χ1) is 18.0. The SMILES string of the molecule is O=C(N1CCS(=O)CC1)N(Cc1ccc(-c2nnc(C(F)F)o2)cc1)c1cccc(-c2ccccc2)c1. The number of nitrogens with zero attached hydrogens (tertiary/aromatic N) is 4. The molecule has 190 valence electrons. The Labute approximate surface area is 215 Å². The second-order valence-corrected chi connectivity index (χ2v) is 10.3. The number of halogens is 2. The fourth-order valence-electron chi connectivity index (χ4n) is 4.13. The van der Waals surface area contributed by atoms with E-state index in [-0.39, 0.29) is 18.5 Å². The van der Waals surface area contributed by atoms with Crippen LogP contribution in [-0.4, -0.2) is 49.9 Å². The molecule has 4 aromatic rings. The standard InChI is InChI=1S/C27H24F2N4O3S/c28-24(29)26-31-30-25(36-26)21-11-9-19(10-12-21)18-33(27(34)32-13-15-37(35)16-14-32)23-8-4-7-22(17-23)20-5-2-1-3-6-20/h1-12,17,24H,13-16,18H2. The first-order valence-electron chi connectivity index (χ1n) is 11.8. The maximum Gasteiger partial charge on any atom is 0.324 e. The minimum Gasteiger partial charge on any atom is -0.415 e. The predicted molar refractivity (Wildman–Crippen MR) is 138 cm³/mol. The molecule has 0 spiro atoms. The Kier molecular flexibility index (Phi) is 7.36. The number of alkyl halides is 2. The molecule has 2 heterocycles. The third-order valence-electron chi connectivity index (χ3n) is 6.11. The molecular weight excluding hydrogens is 498 g/mol. The normalized spacial score (nSPS) is 14.2. The van der Waals surface area contributed by atoms with Gasteiger partial charge in [-0.25, -0.2) is 4.79 Å². The van der Waals surface area contributed by atoms with Crippen molar-refractivity contribution in [3.8, 4) is 22.6 Å². The van der Waals surface area contributed by atoms with Crippen LogP contribution in [0.1, 0.15) is 17.9 Å². The summed E-state index contributed by atoms with van der Waals surface area (Å²) in [5.74, 6) is 0.204. The van der Waals surface area contributed by atoms with Crippen LogP contribution in [0.4, 0.5) is 19.3 Å². The van der Waals surface area contributed by atoms with E-state index in [1.165, 1.54) is 0 Å². The van der Waals surface area contributed by atoms with Gasteiger partial charge in [0.1, 0.15) is 0 Å². The van der Waals surface area contributed by atoms with Gasteiger partial charge in [-0.15, -0.1) is 10.2 Å². The number of carbonyl (C=O) groups excluding carboxylic acids is 1. The first-order valence-corrected chi connectivity index (χ1v) is 13.2. The Balaban J connectivity index is 1.43. The van der Waals surface area contributed by atoms with E-state index in [4.69, 9.17) is 4.42 Å². The number of carbonyl (C=O) groups is 1. The van der Waals surface area contributed by atoms with Crippen molar-refractivity contribution in [1.29, 1.82) is 0 Å². The molecule has 2 amide bonds. The van der Waals surface area contributed by atoms with E-state index in [9.17, 15) is 17.8 Å². The van der Waals surface area contributed by atoms with Gasteiger partial charge in [0.05, 0.1) is 6.54 Å². The average molecular weight is 523 g/mol. The van der Waals surface area contributed by atoms with Crippen molar-refractivity contribution >= 4 is 22.5 Å². The molecule has 1 aromatic heterocycles. The largest absolute Gasteiger partial charge is 0.415 e. The quantitative estimate of drug-likeness (QED) is 0.333. The van der Waals surface area contributed by atoms with Gasteiger partial charge in [-0.2, -0.15) is 8.78 Å². The zero-order valence-corrected chi connectivity index (χ0v) is 20.6. The molecule has 0 aliphatic carbocycles. The van der Waals surface area contributed by atoms with Gasteiger partial charge in [-0.1, -0.05) is 54.6 Å². The molecule has 1 fully saturated rings. The summed E-state index contributed by atoms with van der Waals surface area (Å²) in [6.45, 7) is 1.15. The Bertz CT molecular complexity index is 1390. The van der Waals surface area contributed by atoms with Crippen molar-refractivity contribution < 1.29 is 22.2 Å². The lowest BCUT2D eigenvalue weighted by molar-refractivity contribution is 0.116. The maximum absolute atomic E-state index is 13.7. The first kappa shape index (κ1) is 24.8. The molecule has 1 aliphatic heterocycles. The maximum atomic E-state index is 13.7. The van der Waals surface area contributed by atoms with E-state index in [1.807, 2.05) is 54.6 Å². The summed E-state index contributed by atoms with van der Waals surface area (Å²) in [5, 5.41) is 7.06. The van der Waals surface area contributed by atoms with Crippen molar-refractivity contribution in [3.63, 3.8) is 0 Å². The average Bonchev–Trinajstić information content (AvgIpc) is 3.44. The van der Waals surface area contributed by atoms with Crippen LogP contribution in [0.15, 0.2) is 83.3 Å². The van der Waals surface area contributed by atoms with Gasteiger partial charge in [-0.3, -0.25) is 9.11 Å². The van der Waals surface area contributed by atoms with Crippen LogP contribution in [0.5, 0.6) is 0 Å². The summed E-state index contributed by atoms with van der Waals surface area (Å²) in [6, 6.07) is 24.5. The van der Waals surface area contributed by atoms with E-state index >= 15 is 0 Å². The molecule has 1 saturated heterocycles. The number of urea groups is 1. The number of hydrogen-bond donors (Lipinski definition) is 0. The third-order valence-corrected chi connectivity index (χ3v) is 7.39. The molecule has 10 heteroatoms. The van der Waals surface area contributed by atoms with Crippen molar-refractivity contribution in [3.05, 3.63) is 90.3 Å². The van der Waals surface area contributed by atoms with Gasteiger partial charge >= 0.3 is 12.5 Å². The highest BCUT2D eigenvalue weighted by molar-refractivity contribution is 7.85. The highest BCUT2D eigenvalue weighted by atomic mass is 32.2. The highest BCUT2D eigenvalue weighted by Gasteiger charge is 2.26. The van der Waals surface area contributed by atoms with Crippen molar-refractivity contribution in [2.24, 2.45) is 0 Å². The van der Waals surface area contributed by atoms with Crippen LogP contribution in [0.2, 0.25) is 0 Å². The summed E-state index contributed by atoms with van der Waals surface area (Å²) in [7, 11) is -0.903. The lowest BCUT2D eigenvalue weighted by Gasteiger charge is -2.33. The Morgan fingerprint density at radius 1 is 0.919 bits per heavy atom. The van der Waals surface area contributed by atoms with Gasteiger partial charge in [-0.05, 0) is 41.0 Å². The van der Waals surface area contributed by atoms with Crippen LogP contribution >= 0.6 is 0 Å². The summed E-state index contributed by atoms with van der Waals surface area (Å²) >= 11 is 0. The van der Waals surface area contributed by atoms with E-state index in [0.717, 1.165) is 22.4 Å². The highest BCUT2D eigenvalue weighted by Crippen LogP contribution is 2.28. The second kappa shape index (κ2) is 11.0. The Morgan fingerprint density at radius 2 is 1.62 bits per heavy atom. The second-order valence-electron chi connectivity index (χ2n) is 8.56. The van der Waals surface area contributed by atoms with Gasteiger partial charge < -0.3 is 9.32 Å². The van der Waals surface area contributed by atoms with Gasteiger partial charge in [0.15, 0.2) is 0 Å². The minimum atomic E-state index is -2.83. The zero-order valence-electron chi connectivity index (χ0n) is 19.8. The molecule has 0 atom stereocenters. The number of rotatable bonds is 6. The topological polar surface area (TPSA) is 79.5 Å². The van der Waals surface area contributed by atoms with E-state index in [0.29, 0.717) is 30.2 Å². The van der Waals surface area contributed by atoms with Gasteiger partial charge in [0.2, 0.25) is 5.89 Å². The van der Waals surface area contributed by atoms with Crippen molar-refractivity contribution in [2.75, 3.05) is 29.5 Å². The molecule has 7 nitrogen and oxygen atoms in total. The molecule has 0 N–H and O–H groups in total. The zero-order chi connectivity index (χ0) is 25.8. The monoisotopic (exact) mass is 522 g/mol. The number of anilines is 1. The number of benzene rings is 3. The molecule has 5 rings (SSSR count). The lowest BCUT2D eigenvalue weighted by Crippen LogP contribution is -2.48. The van der Waals surface area contributed by atoms with Crippen molar-refractivity contribution in [2.45, 2.75) is 13.0 Å². The van der Waals surface area contributed by atoms with Crippen LogP contribution in [-0.2, 0) is 17.3 Å². The van der Waals surface area contributed by atoms with Crippen LogP contribution in [0.3, 0.4) is 0 Å². The molecule has 1 aliphatic rings. The van der Waals surface area contributed by atoms with E-state index in [1.54, 1.807) is 34.1 Å². The summed E-state index contributed by atoms with van der Waals surface area (Å²) < 4.78 is 42.5. The van der Waals surface area contributed by atoms with Gasteiger partial charge in [0.25, 0.3) is 5.89 Å². The molecule has 0 saturated carbocycles. The third kappa shape index (κ3) is 5.75. The fourth-order valence-corrected chi connectivity index (χ4v) is 5.18. The van der Waals surface area contributed by atoms with Crippen LogP contribution in [0.25, 0.3) is 22.6 Å². The van der Waals surface area contributed by atoms with Crippen LogP contribution in [0, 0.1) is 0 Å². The molecule has 0 unspecified atom stereocenters. The number of hydrogen-bond acceptors (Lipinski definition) is 5. The van der Waals surface area contributed by atoms with Crippen molar-refractivity contribution in [1.82, 2.24) is 15.1 Å². The molecular formula is C27H24F2N4O3S. The Hall–Kier alpha value is -3.92. The predicted octanol–water partition coefficient (Wildman–Crippen LogP) is 5.53. The van der Waals surface area contributed by atoms with Crippen LogP contribution < -0.4 is 4.90 Å². The van der Waals surface area contributed by atoms with E-state index in [2.05, 4.69) is 10.2 Å². The van der Waals surface area contributed by atoms with E-state index < -0.39 is 23.1 Å². The molecule has 0 bridgehead atoms. The number of amides is 2. The molecule has 3 aromatic carbocycles. The summed E-state index contributed by atoms with van der Waals surface area (Å²) in [6.07, 6.45) is -2.83. The fraction of sp³-hybridized carbons (Fsp3) is 0.222. The smallest absolute Gasteiger partial charge is 0.324 e. The summed E-state index contributed by atoms with van der Waals surface area (Å²) in [5.41, 5.74) is 4.09. The molecule has 0 radical (unpaired) electrons. The van der Waals surface area contributed by atoms with Gasteiger partial charge in [0, 0.05) is 46.6 Å².